The molecule has 2 heterocycles. The lowest BCUT2D eigenvalue weighted by molar-refractivity contribution is 0.0690. The second kappa shape index (κ2) is 5.97. The number of carbonyl (C=O) groups is 1. The minimum Gasteiger partial charge on any atom is -0.476 e. The molecule has 1 fully saturated rings. The molecule has 1 aliphatic heterocycles. The van der Waals surface area contributed by atoms with E-state index in [9.17, 15) is 4.79 Å². The number of hydrogen-bond acceptors (Lipinski definition) is 5. The van der Waals surface area contributed by atoms with Gasteiger partial charge in [0.15, 0.2) is 5.69 Å². The number of rotatable bonds is 4. The number of carboxylic acids is 1. The highest BCUT2D eigenvalue weighted by Gasteiger charge is 2.19. The van der Waals surface area contributed by atoms with Crippen molar-refractivity contribution in [3.8, 4) is 0 Å². The summed E-state index contributed by atoms with van der Waals surface area (Å²) in [7, 11) is 0. The van der Waals surface area contributed by atoms with Crippen LogP contribution in [0.1, 0.15) is 24.3 Å². The zero-order chi connectivity index (χ0) is 13.8. The molecule has 0 radical (unpaired) electrons. The first-order chi connectivity index (χ1) is 9.06. The van der Waals surface area contributed by atoms with E-state index < -0.39 is 5.97 Å². The predicted molar refractivity (Wildman–Crippen MR) is 72.5 cm³/mol. The van der Waals surface area contributed by atoms with Gasteiger partial charge in [0.25, 0.3) is 0 Å². The van der Waals surface area contributed by atoms with Crippen molar-refractivity contribution in [1.29, 1.82) is 0 Å². The Hall–Kier alpha value is -1.69. The van der Waals surface area contributed by atoms with Crippen molar-refractivity contribution < 1.29 is 9.90 Å². The Morgan fingerprint density at radius 1 is 1.32 bits per heavy atom. The maximum Gasteiger partial charge on any atom is 0.356 e. The zero-order valence-electron chi connectivity index (χ0n) is 11.4. The van der Waals surface area contributed by atoms with Gasteiger partial charge in [-0.1, -0.05) is 13.8 Å². The molecule has 0 aromatic carbocycles. The number of piperazine rings is 1. The van der Waals surface area contributed by atoms with Crippen molar-refractivity contribution in [3.63, 3.8) is 0 Å². The first-order valence-corrected chi connectivity index (χ1v) is 6.59. The molecule has 0 aliphatic carbocycles. The Balaban J connectivity index is 1.97. The third-order valence-electron chi connectivity index (χ3n) is 3.16. The first-order valence-electron chi connectivity index (χ1n) is 6.59. The molecule has 0 saturated carbocycles. The molecule has 1 N–H and O–H groups in total. The Morgan fingerprint density at radius 2 is 2.00 bits per heavy atom. The van der Waals surface area contributed by atoms with Crippen molar-refractivity contribution in [1.82, 2.24) is 14.9 Å². The molecule has 1 aromatic heterocycles. The van der Waals surface area contributed by atoms with Gasteiger partial charge in [-0.15, -0.1) is 0 Å². The molecule has 19 heavy (non-hydrogen) atoms. The average molecular weight is 264 g/mol. The van der Waals surface area contributed by atoms with Crippen LogP contribution in [0.2, 0.25) is 0 Å². The normalized spacial score (nSPS) is 16.9. The summed E-state index contributed by atoms with van der Waals surface area (Å²) in [5.74, 6) is 0.290. The summed E-state index contributed by atoms with van der Waals surface area (Å²) in [6, 6.07) is 0. The standard InChI is InChI=1S/C13H20N4O2/c1-10(2)9-16-3-5-17(6-4-16)12-8-14-7-11(15-12)13(18)19/h7-8,10H,3-6,9H2,1-2H3,(H,18,19). The van der Waals surface area contributed by atoms with Crippen LogP contribution in [0.15, 0.2) is 12.4 Å². The molecule has 0 bridgehead atoms. The highest BCUT2D eigenvalue weighted by atomic mass is 16.4. The van der Waals surface area contributed by atoms with Crippen LogP contribution in [0.5, 0.6) is 0 Å². The van der Waals surface area contributed by atoms with E-state index in [-0.39, 0.29) is 5.69 Å². The fourth-order valence-electron chi connectivity index (χ4n) is 2.29. The summed E-state index contributed by atoms with van der Waals surface area (Å²) < 4.78 is 0. The fourth-order valence-corrected chi connectivity index (χ4v) is 2.29. The predicted octanol–water partition coefficient (Wildman–Crippen LogP) is 0.953. The maximum absolute atomic E-state index is 10.9. The van der Waals surface area contributed by atoms with Gasteiger partial charge < -0.3 is 10.0 Å². The summed E-state index contributed by atoms with van der Waals surface area (Å²) in [6.07, 6.45) is 2.91. The van der Waals surface area contributed by atoms with E-state index in [0.717, 1.165) is 32.7 Å². The van der Waals surface area contributed by atoms with Crippen LogP contribution in [0.3, 0.4) is 0 Å². The smallest absolute Gasteiger partial charge is 0.356 e. The molecule has 6 heteroatoms. The van der Waals surface area contributed by atoms with Crippen LogP contribution in [-0.4, -0.2) is 58.7 Å². The van der Waals surface area contributed by atoms with Crippen molar-refractivity contribution >= 4 is 11.8 Å². The van der Waals surface area contributed by atoms with Crippen LogP contribution in [-0.2, 0) is 0 Å². The molecule has 104 valence electrons. The monoisotopic (exact) mass is 264 g/mol. The second-order valence-electron chi connectivity index (χ2n) is 5.25. The number of carboxylic acid groups (broad SMARTS) is 1. The van der Waals surface area contributed by atoms with Crippen molar-refractivity contribution in [2.45, 2.75) is 13.8 Å². The second-order valence-corrected chi connectivity index (χ2v) is 5.25. The molecule has 0 unspecified atom stereocenters. The van der Waals surface area contributed by atoms with Crippen molar-refractivity contribution in [2.24, 2.45) is 5.92 Å². The van der Waals surface area contributed by atoms with E-state index in [0.29, 0.717) is 11.7 Å². The van der Waals surface area contributed by atoms with Crippen LogP contribution in [0.4, 0.5) is 5.82 Å². The van der Waals surface area contributed by atoms with Crippen molar-refractivity contribution in [3.05, 3.63) is 18.1 Å². The fraction of sp³-hybridized carbons (Fsp3) is 0.615. The van der Waals surface area contributed by atoms with E-state index in [1.165, 1.54) is 6.20 Å². The lowest BCUT2D eigenvalue weighted by Crippen LogP contribution is -2.47. The maximum atomic E-state index is 10.9. The van der Waals surface area contributed by atoms with Gasteiger partial charge in [-0.25, -0.2) is 9.78 Å². The Bertz CT molecular complexity index is 442. The van der Waals surface area contributed by atoms with E-state index >= 15 is 0 Å². The van der Waals surface area contributed by atoms with Gasteiger partial charge in [0, 0.05) is 32.7 Å². The van der Waals surface area contributed by atoms with E-state index in [4.69, 9.17) is 5.11 Å². The number of aromatic nitrogens is 2. The number of hydrogen-bond donors (Lipinski definition) is 1. The van der Waals surface area contributed by atoms with Gasteiger partial charge in [0.05, 0.1) is 12.4 Å². The van der Waals surface area contributed by atoms with Gasteiger partial charge in [-0.2, -0.15) is 0 Å². The molecule has 6 nitrogen and oxygen atoms in total. The molecule has 0 spiro atoms. The lowest BCUT2D eigenvalue weighted by atomic mass is 10.2. The minimum absolute atomic E-state index is 0.00195. The molecule has 1 aliphatic rings. The van der Waals surface area contributed by atoms with Gasteiger partial charge >= 0.3 is 5.97 Å². The number of nitrogens with zero attached hydrogens (tertiary/aromatic N) is 4. The molecule has 0 atom stereocenters. The van der Waals surface area contributed by atoms with E-state index in [1.807, 2.05) is 0 Å². The van der Waals surface area contributed by atoms with Crippen LogP contribution < -0.4 is 4.90 Å². The zero-order valence-corrected chi connectivity index (χ0v) is 11.4. The highest BCUT2D eigenvalue weighted by molar-refractivity contribution is 5.85. The molecular formula is C13H20N4O2. The molecular weight excluding hydrogens is 244 g/mol. The average Bonchev–Trinajstić information content (AvgIpc) is 2.39. The topological polar surface area (TPSA) is 69.6 Å². The van der Waals surface area contributed by atoms with Gasteiger partial charge in [0.2, 0.25) is 0 Å². The van der Waals surface area contributed by atoms with Gasteiger partial charge in [-0.3, -0.25) is 9.88 Å². The summed E-state index contributed by atoms with van der Waals surface area (Å²) >= 11 is 0. The minimum atomic E-state index is -1.03. The highest BCUT2D eigenvalue weighted by Crippen LogP contribution is 2.13. The van der Waals surface area contributed by atoms with Crippen LogP contribution in [0, 0.1) is 5.92 Å². The molecule has 1 saturated heterocycles. The largest absolute Gasteiger partial charge is 0.476 e. The van der Waals surface area contributed by atoms with E-state index in [1.54, 1.807) is 6.20 Å². The third kappa shape index (κ3) is 3.64. The molecule has 0 amide bonds. The number of anilines is 1. The van der Waals surface area contributed by atoms with Gasteiger partial charge in [0.1, 0.15) is 5.82 Å². The Morgan fingerprint density at radius 3 is 2.58 bits per heavy atom. The lowest BCUT2D eigenvalue weighted by Gasteiger charge is -2.36. The van der Waals surface area contributed by atoms with Crippen molar-refractivity contribution in [2.75, 3.05) is 37.6 Å². The van der Waals surface area contributed by atoms with Gasteiger partial charge in [-0.05, 0) is 5.92 Å². The summed E-state index contributed by atoms with van der Waals surface area (Å²) in [6.45, 7) is 9.24. The van der Waals surface area contributed by atoms with Crippen LogP contribution in [0.25, 0.3) is 0 Å². The Kier molecular flexibility index (Phi) is 4.31. The summed E-state index contributed by atoms with van der Waals surface area (Å²) in [5.41, 5.74) is 0.00195. The Labute approximate surface area is 113 Å². The third-order valence-corrected chi connectivity index (χ3v) is 3.16. The van der Waals surface area contributed by atoms with E-state index in [2.05, 4.69) is 33.6 Å². The first kappa shape index (κ1) is 13.7. The quantitative estimate of drug-likeness (QED) is 0.873. The van der Waals surface area contributed by atoms with Crippen LogP contribution >= 0.6 is 0 Å². The summed E-state index contributed by atoms with van der Waals surface area (Å²) in [5, 5.41) is 8.92. The molecule has 1 aromatic rings. The summed E-state index contributed by atoms with van der Waals surface area (Å²) in [4.78, 5) is 23.5. The molecule has 2 rings (SSSR count). The SMILES string of the molecule is CC(C)CN1CCN(c2cncc(C(=O)O)n2)CC1. The number of aromatic carboxylic acids is 1.